The Bertz CT molecular complexity index is 653. The second-order valence-corrected chi connectivity index (χ2v) is 6.11. The first-order valence-electron chi connectivity index (χ1n) is 6.13. The molecule has 0 aromatic heterocycles. The maximum Gasteiger partial charge on any atom is 0.167 e. The molecule has 2 rings (SSSR count). The molecule has 0 bridgehead atoms. The van der Waals surface area contributed by atoms with Crippen LogP contribution in [0.15, 0.2) is 36.4 Å². The summed E-state index contributed by atoms with van der Waals surface area (Å²) in [5.41, 5.74) is 2.63. The molecule has 0 heterocycles. The van der Waals surface area contributed by atoms with Crippen LogP contribution in [0.2, 0.25) is 5.02 Å². The van der Waals surface area contributed by atoms with Crippen molar-refractivity contribution in [3.63, 3.8) is 0 Å². The number of ether oxygens (including phenoxy) is 1. The maximum atomic E-state index is 12.3. The van der Waals surface area contributed by atoms with Crippen LogP contribution in [0, 0.1) is 10.5 Å². The van der Waals surface area contributed by atoms with Crippen LogP contribution in [0.3, 0.4) is 0 Å². The Balaban J connectivity index is 2.27. The van der Waals surface area contributed by atoms with E-state index in [2.05, 4.69) is 22.6 Å². The van der Waals surface area contributed by atoms with E-state index in [4.69, 9.17) is 16.3 Å². The zero-order valence-corrected chi connectivity index (χ0v) is 14.2. The van der Waals surface area contributed by atoms with Crippen LogP contribution in [-0.2, 0) is 6.42 Å². The first-order valence-corrected chi connectivity index (χ1v) is 7.58. The fourth-order valence-corrected chi connectivity index (χ4v) is 2.51. The number of ketones is 1. The lowest BCUT2D eigenvalue weighted by Gasteiger charge is -2.09. The van der Waals surface area contributed by atoms with Gasteiger partial charge in [-0.1, -0.05) is 35.4 Å². The van der Waals surface area contributed by atoms with E-state index in [1.165, 1.54) is 0 Å². The summed E-state index contributed by atoms with van der Waals surface area (Å²) in [5.74, 6) is 0.771. The molecule has 2 aromatic carbocycles. The van der Waals surface area contributed by atoms with Crippen molar-refractivity contribution in [2.45, 2.75) is 13.3 Å². The van der Waals surface area contributed by atoms with Crippen molar-refractivity contribution in [3.05, 3.63) is 61.7 Å². The smallest absolute Gasteiger partial charge is 0.167 e. The van der Waals surface area contributed by atoms with Crippen molar-refractivity contribution in [2.24, 2.45) is 0 Å². The third-order valence-corrected chi connectivity index (χ3v) is 4.60. The van der Waals surface area contributed by atoms with Crippen molar-refractivity contribution in [1.29, 1.82) is 0 Å². The van der Waals surface area contributed by atoms with E-state index in [-0.39, 0.29) is 5.78 Å². The molecule has 0 aliphatic rings. The molecule has 0 aliphatic carbocycles. The van der Waals surface area contributed by atoms with E-state index in [0.717, 1.165) is 20.4 Å². The van der Waals surface area contributed by atoms with Crippen LogP contribution in [0.1, 0.15) is 21.5 Å². The number of Topliss-reactive ketones (excluding diaryl/α,β-unsaturated/α-hetero) is 1. The van der Waals surface area contributed by atoms with Gasteiger partial charge in [0.1, 0.15) is 5.75 Å². The topological polar surface area (TPSA) is 26.3 Å². The fourth-order valence-electron chi connectivity index (χ4n) is 1.99. The number of methoxy groups -OCH3 is 1. The van der Waals surface area contributed by atoms with E-state index in [9.17, 15) is 4.79 Å². The first-order chi connectivity index (χ1) is 9.51. The summed E-state index contributed by atoms with van der Waals surface area (Å²) < 4.78 is 6.24. The van der Waals surface area contributed by atoms with E-state index in [1.54, 1.807) is 19.2 Å². The Morgan fingerprint density at radius 1 is 1.25 bits per heavy atom. The third-order valence-electron chi connectivity index (χ3n) is 3.03. The molecule has 0 spiro atoms. The zero-order valence-electron chi connectivity index (χ0n) is 11.2. The molecule has 0 saturated carbocycles. The van der Waals surface area contributed by atoms with E-state index >= 15 is 0 Å². The van der Waals surface area contributed by atoms with E-state index < -0.39 is 0 Å². The van der Waals surface area contributed by atoms with Crippen LogP contribution in [0.4, 0.5) is 0 Å². The first kappa shape index (κ1) is 15.3. The molecule has 20 heavy (non-hydrogen) atoms. The number of rotatable bonds is 4. The minimum absolute atomic E-state index is 0.0344. The van der Waals surface area contributed by atoms with Gasteiger partial charge >= 0.3 is 0 Å². The molecule has 0 radical (unpaired) electrons. The molecular weight excluding hydrogens is 387 g/mol. The summed E-state index contributed by atoms with van der Waals surface area (Å²) in [6.07, 6.45) is 0.307. The number of hydrogen-bond acceptors (Lipinski definition) is 2. The zero-order chi connectivity index (χ0) is 14.7. The Morgan fingerprint density at radius 2 is 2.00 bits per heavy atom. The van der Waals surface area contributed by atoms with Gasteiger partial charge in [-0.05, 0) is 47.7 Å². The number of halogens is 2. The van der Waals surface area contributed by atoms with Gasteiger partial charge in [-0.15, -0.1) is 0 Å². The lowest BCUT2D eigenvalue weighted by molar-refractivity contribution is 0.0992. The van der Waals surface area contributed by atoms with Gasteiger partial charge in [0.25, 0.3) is 0 Å². The van der Waals surface area contributed by atoms with Crippen LogP contribution in [-0.4, -0.2) is 12.9 Å². The molecule has 0 amide bonds. The Kier molecular flexibility index (Phi) is 5.05. The molecule has 0 atom stereocenters. The summed E-state index contributed by atoms with van der Waals surface area (Å²) in [6, 6.07) is 11.2. The van der Waals surface area contributed by atoms with E-state index in [0.29, 0.717) is 17.0 Å². The molecule has 0 unspecified atom stereocenters. The Labute approximate surface area is 137 Å². The monoisotopic (exact) mass is 400 g/mol. The second-order valence-electron chi connectivity index (χ2n) is 4.54. The predicted octanol–water partition coefficient (Wildman–Crippen LogP) is 4.69. The third kappa shape index (κ3) is 3.52. The van der Waals surface area contributed by atoms with Gasteiger partial charge in [0.2, 0.25) is 0 Å². The van der Waals surface area contributed by atoms with Gasteiger partial charge < -0.3 is 4.74 Å². The van der Waals surface area contributed by atoms with Crippen molar-refractivity contribution in [2.75, 3.05) is 7.11 Å². The summed E-state index contributed by atoms with van der Waals surface area (Å²) in [5, 5.41) is 0.604. The van der Waals surface area contributed by atoms with Crippen molar-refractivity contribution < 1.29 is 9.53 Å². The molecule has 104 valence electrons. The van der Waals surface area contributed by atoms with Gasteiger partial charge in [-0.25, -0.2) is 0 Å². The van der Waals surface area contributed by atoms with Gasteiger partial charge in [-0.3, -0.25) is 4.79 Å². The summed E-state index contributed by atoms with van der Waals surface area (Å²) in [6.45, 7) is 2.00. The minimum Gasteiger partial charge on any atom is -0.496 e. The lowest BCUT2D eigenvalue weighted by atomic mass is 10.0. The molecule has 0 N–H and O–H groups in total. The number of carbonyl (C=O) groups is 1. The van der Waals surface area contributed by atoms with Crippen LogP contribution in [0.5, 0.6) is 5.75 Å². The summed E-state index contributed by atoms with van der Waals surface area (Å²) >= 11 is 8.20. The van der Waals surface area contributed by atoms with Crippen LogP contribution in [0.25, 0.3) is 0 Å². The molecule has 2 nitrogen and oxygen atoms in total. The molecule has 0 saturated heterocycles. The Hall–Kier alpha value is -1.07. The number of carbonyl (C=O) groups excluding carboxylic acids is 1. The van der Waals surface area contributed by atoms with Gasteiger partial charge in [-0.2, -0.15) is 0 Å². The maximum absolute atomic E-state index is 12.3. The lowest BCUT2D eigenvalue weighted by Crippen LogP contribution is -2.05. The summed E-state index contributed by atoms with van der Waals surface area (Å²) in [4.78, 5) is 12.3. The SMILES string of the molecule is COc1ccc(C)cc1CC(=O)c1ccc(I)c(Cl)c1. The Morgan fingerprint density at radius 3 is 2.65 bits per heavy atom. The number of aryl methyl sites for hydroxylation is 1. The van der Waals surface area contributed by atoms with Gasteiger partial charge in [0.05, 0.1) is 12.1 Å². The average Bonchev–Trinajstić information content (AvgIpc) is 2.42. The highest BCUT2D eigenvalue weighted by Crippen LogP contribution is 2.24. The minimum atomic E-state index is 0.0344. The van der Waals surface area contributed by atoms with Crippen LogP contribution >= 0.6 is 34.2 Å². The van der Waals surface area contributed by atoms with Gasteiger partial charge in [0.15, 0.2) is 5.78 Å². The highest BCUT2D eigenvalue weighted by atomic mass is 127. The van der Waals surface area contributed by atoms with Crippen molar-refractivity contribution >= 4 is 40.0 Å². The normalized spacial score (nSPS) is 10.4. The standard InChI is InChI=1S/C16H14ClIO2/c1-10-3-6-16(20-2)12(7-10)9-15(19)11-4-5-14(18)13(17)8-11/h3-8H,9H2,1-2H3. The van der Waals surface area contributed by atoms with E-state index in [1.807, 2.05) is 31.2 Å². The molecule has 4 heteroatoms. The summed E-state index contributed by atoms with van der Waals surface area (Å²) in [7, 11) is 1.61. The van der Waals surface area contributed by atoms with Crippen LogP contribution < -0.4 is 4.74 Å². The van der Waals surface area contributed by atoms with Crippen molar-refractivity contribution in [3.8, 4) is 5.75 Å². The van der Waals surface area contributed by atoms with Gasteiger partial charge in [0, 0.05) is 21.1 Å². The fraction of sp³-hybridized carbons (Fsp3) is 0.188. The average molecular weight is 401 g/mol. The molecule has 0 fully saturated rings. The second kappa shape index (κ2) is 6.59. The van der Waals surface area contributed by atoms with Crippen molar-refractivity contribution in [1.82, 2.24) is 0 Å². The molecular formula is C16H14ClIO2. The molecule has 2 aromatic rings. The number of hydrogen-bond donors (Lipinski definition) is 0. The quantitative estimate of drug-likeness (QED) is 0.550. The highest BCUT2D eigenvalue weighted by molar-refractivity contribution is 14.1. The largest absolute Gasteiger partial charge is 0.496 e. The predicted molar refractivity (Wildman–Crippen MR) is 89.9 cm³/mol. The highest BCUT2D eigenvalue weighted by Gasteiger charge is 2.12. The molecule has 0 aliphatic heterocycles. The number of benzene rings is 2.